The van der Waals surface area contributed by atoms with Gasteiger partial charge in [-0.1, -0.05) is 20.8 Å². The van der Waals surface area contributed by atoms with Gasteiger partial charge in [0.05, 0.1) is 0 Å². The zero-order chi connectivity index (χ0) is 12.5. The number of amides is 3. The summed E-state index contributed by atoms with van der Waals surface area (Å²) in [7, 11) is 5.28. The SMILES string of the molecule is [B]N1C(=O)CC[C@H](NC(=O)C(C)(C)C)C1=O. The van der Waals surface area contributed by atoms with Crippen LogP contribution in [0.4, 0.5) is 0 Å². The maximum Gasteiger partial charge on any atom is 0.242 e. The number of nitrogens with zero attached hydrogens (tertiary/aromatic N) is 1. The van der Waals surface area contributed by atoms with Gasteiger partial charge in [0.1, 0.15) is 6.04 Å². The lowest BCUT2D eigenvalue weighted by atomic mass is 9.93. The van der Waals surface area contributed by atoms with Crippen LogP contribution >= 0.6 is 0 Å². The van der Waals surface area contributed by atoms with Gasteiger partial charge in [-0.05, 0) is 6.42 Å². The Morgan fingerprint density at radius 1 is 1.44 bits per heavy atom. The average molecular weight is 222 g/mol. The number of carbonyl (C=O) groups excluding carboxylic acids is 3. The molecule has 2 radical (unpaired) electrons. The highest BCUT2D eigenvalue weighted by atomic mass is 16.2. The van der Waals surface area contributed by atoms with Gasteiger partial charge in [0.15, 0.2) is 0 Å². The van der Waals surface area contributed by atoms with Crippen LogP contribution in [0.2, 0.25) is 0 Å². The van der Waals surface area contributed by atoms with Crippen LogP contribution in [0.1, 0.15) is 33.6 Å². The maximum absolute atomic E-state index is 11.7. The van der Waals surface area contributed by atoms with Crippen molar-refractivity contribution in [3.05, 3.63) is 0 Å². The van der Waals surface area contributed by atoms with Gasteiger partial charge in [-0.3, -0.25) is 14.4 Å². The molecule has 0 aliphatic carbocycles. The Kier molecular flexibility index (Phi) is 3.40. The summed E-state index contributed by atoms with van der Waals surface area (Å²) in [5.74, 6) is -1.19. The molecule has 3 amide bonds. The summed E-state index contributed by atoms with van der Waals surface area (Å²) < 4.78 is 0. The van der Waals surface area contributed by atoms with Crippen molar-refractivity contribution >= 4 is 25.7 Å². The third-order valence-electron chi connectivity index (χ3n) is 2.44. The minimum Gasteiger partial charge on any atom is -0.344 e. The lowest BCUT2D eigenvalue weighted by Gasteiger charge is -2.30. The Bertz CT molecular complexity index is 335. The van der Waals surface area contributed by atoms with Gasteiger partial charge in [-0.25, -0.2) is 0 Å². The number of hydrogen-bond donors (Lipinski definition) is 1. The van der Waals surface area contributed by atoms with Gasteiger partial charge in [0.25, 0.3) is 0 Å². The zero-order valence-corrected chi connectivity index (χ0v) is 9.74. The fraction of sp³-hybridized carbons (Fsp3) is 0.700. The molecule has 1 rings (SSSR count). The highest BCUT2D eigenvalue weighted by molar-refractivity contribution is 6.26. The molecule has 0 spiro atoms. The lowest BCUT2D eigenvalue weighted by molar-refractivity contribution is -0.146. The van der Waals surface area contributed by atoms with E-state index in [0.29, 0.717) is 11.2 Å². The molecule has 1 N–H and O–H groups in total. The molecule has 1 saturated heterocycles. The molecule has 0 aromatic heterocycles. The Morgan fingerprint density at radius 3 is 2.50 bits per heavy atom. The predicted molar refractivity (Wildman–Crippen MR) is 58.2 cm³/mol. The predicted octanol–water partition coefficient (Wildman–Crippen LogP) is -0.250. The smallest absolute Gasteiger partial charge is 0.242 e. The average Bonchev–Trinajstić information content (AvgIpc) is 2.17. The Balaban J connectivity index is 2.66. The first-order valence-electron chi connectivity index (χ1n) is 5.16. The number of nitrogens with one attached hydrogen (secondary N) is 1. The lowest BCUT2D eigenvalue weighted by Crippen LogP contribution is -2.55. The van der Waals surface area contributed by atoms with Gasteiger partial charge in [-0.2, -0.15) is 0 Å². The van der Waals surface area contributed by atoms with Crippen molar-refractivity contribution < 1.29 is 14.4 Å². The van der Waals surface area contributed by atoms with E-state index in [1.165, 1.54) is 0 Å². The standard InChI is InChI=1S/C10H15BN2O3/c1-10(2,3)9(16)12-6-4-5-7(14)13(11)8(6)15/h6H,4-5H2,1-3H3,(H,12,16)/t6-/m0/s1. The molecule has 6 heteroatoms. The van der Waals surface area contributed by atoms with Crippen LogP contribution in [0.5, 0.6) is 0 Å². The van der Waals surface area contributed by atoms with E-state index in [9.17, 15) is 14.4 Å². The summed E-state index contributed by atoms with van der Waals surface area (Å²) in [6.07, 6.45) is 0.491. The Labute approximate surface area is 96.0 Å². The number of piperidine rings is 1. The molecule has 5 nitrogen and oxygen atoms in total. The van der Waals surface area contributed by atoms with Crippen molar-refractivity contribution in [2.75, 3.05) is 0 Å². The van der Waals surface area contributed by atoms with Crippen LogP contribution in [0.3, 0.4) is 0 Å². The summed E-state index contributed by atoms with van der Waals surface area (Å²) >= 11 is 0. The Morgan fingerprint density at radius 2 is 2.00 bits per heavy atom. The van der Waals surface area contributed by atoms with E-state index in [4.69, 9.17) is 7.98 Å². The molecule has 1 aliphatic heterocycles. The summed E-state index contributed by atoms with van der Waals surface area (Å²) in [4.78, 5) is 34.9. The zero-order valence-electron chi connectivity index (χ0n) is 9.74. The van der Waals surface area contributed by atoms with E-state index in [0.717, 1.165) is 0 Å². The number of imide groups is 1. The van der Waals surface area contributed by atoms with Crippen LogP contribution in [-0.4, -0.2) is 36.6 Å². The quantitative estimate of drug-likeness (QED) is 0.491. The highest BCUT2D eigenvalue weighted by Gasteiger charge is 2.34. The van der Waals surface area contributed by atoms with Crippen molar-refractivity contribution in [2.24, 2.45) is 5.41 Å². The monoisotopic (exact) mass is 222 g/mol. The summed E-state index contributed by atoms with van der Waals surface area (Å²) in [5, 5.41) is 2.60. The van der Waals surface area contributed by atoms with E-state index in [1.807, 2.05) is 0 Å². The van der Waals surface area contributed by atoms with Gasteiger partial charge < -0.3 is 10.1 Å². The molecule has 1 heterocycles. The van der Waals surface area contributed by atoms with E-state index >= 15 is 0 Å². The number of rotatable bonds is 1. The molecular formula is C10H15BN2O3. The van der Waals surface area contributed by atoms with Crippen LogP contribution in [0, 0.1) is 5.41 Å². The minimum absolute atomic E-state index is 0.178. The third-order valence-corrected chi connectivity index (χ3v) is 2.44. The van der Waals surface area contributed by atoms with Crippen LogP contribution in [0.15, 0.2) is 0 Å². The molecule has 86 valence electrons. The number of carbonyl (C=O) groups is 3. The van der Waals surface area contributed by atoms with Gasteiger partial charge >= 0.3 is 0 Å². The largest absolute Gasteiger partial charge is 0.344 e. The van der Waals surface area contributed by atoms with Crippen molar-refractivity contribution in [2.45, 2.75) is 39.7 Å². The van der Waals surface area contributed by atoms with Crippen molar-refractivity contribution in [1.29, 1.82) is 0 Å². The third kappa shape index (κ3) is 2.62. The van der Waals surface area contributed by atoms with E-state index < -0.39 is 23.3 Å². The first kappa shape index (κ1) is 12.7. The number of hydrogen-bond acceptors (Lipinski definition) is 3. The van der Waals surface area contributed by atoms with Crippen molar-refractivity contribution in [3.8, 4) is 0 Å². The second-order valence-electron chi connectivity index (χ2n) is 4.92. The fourth-order valence-electron chi connectivity index (χ4n) is 1.31. The molecule has 1 fully saturated rings. The molecule has 16 heavy (non-hydrogen) atoms. The highest BCUT2D eigenvalue weighted by Crippen LogP contribution is 2.16. The van der Waals surface area contributed by atoms with E-state index in [1.54, 1.807) is 20.8 Å². The normalized spacial score (nSPS) is 22.2. The van der Waals surface area contributed by atoms with Crippen molar-refractivity contribution in [1.82, 2.24) is 10.1 Å². The minimum atomic E-state index is -0.686. The molecule has 1 atom stereocenters. The van der Waals surface area contributed by atoms with E-state index in [-0.39, 0.29) is 12.3 Å². The summed E-state index contributed by atoms with van der Waals surface area (Å²) in [6, 6.07) is -0.686. The molecule has 0 aromatic rings. The van der Waals surface area contributed by atoms with Gasteiger partial charge in [0, 0.05) is 11.8 Å². The van der Waals surface area contributed by atoms with Gasteiger partial charge in [0.2, 0.25) is 25.7 Å². The molecule has 1 aliphatic rings. The molecule has 0 aromatic carbocycles. The maximum atomic E-state index is 11.7. The van der Waals surface area contributed by atoms with Gasteiger partial charge in [-0.15, -0.1) is 0 Å². The van der Waals surface area contributed by atoms with Crippen LogP contribution < -0.4 is 5.32 Å². The molecule has 0 bridgehead atoms. The molecule has 0 unspecified atom stereocenters. The van der Waals surface area contributed by atoms with E-state index in [2.05, 4.69) is 5.32 Å². The summed E-state index contributed by atoms with van der Waals surface area (Å²) in [5.41, 5.74) is -0.568. The Hall–Kier alpha value is -1.33. The van der Waals surface area contributed by atoms with Crippen LogP contribution in [0.25, 0.3) is 0 Å². The fourth-order valence-corrected chi connectivity index (χ4v) is 1.31. The second kappa shape index (κ2) is 4.27. The summed E-state index contributed by atoms with van der Waals surface area (Å²) in [6.45, 7) is 5.25. The first-order chi connectivity index (χ1) is 7.23. The molecular weight excluding hydrogens is 207 g/mol. The topological polar surface area (TPSA) is 66.5 Å². The second-order valence-corrected chi connectivity index (χ2v) is 4.92. The van der Waals surface area contributed by atoms with Crippen molar-refractivity contribution in [3.63, 3.8) is 0 Å². The van der Waals surface area contributed by atoms with Crippen LogP contribution in [-0.2, 0) is 14.4 Å². The molecule has 0 saturated carbocycles. The first-order valence-corrected chi connectivity index (χ1v) is 5.16.